The molecule has 3 aromatic carbocycles. The van der Waals surface area contributed by atoms with Gasteiger partial charge in [-0.05, 0) is 34.5 Å². The molecule has 1 N–H and O–H groups in total. The smallest absolute Gasteiger partial charge is 0.339 e. The molecule has 0 aromatic heterocycles. The number of methoxy groups -OCH3 is 1. The van der Waals surface area contributed by atoms with E-state index in [-0.39, 0.29) is 6.03 Å². The third-order valence-corrected chi connectivity index (χ3v) is 4.15. The van der Waals surface area contributed by atoms with Crippen LogP contribution >= 0.6 is 0 Å². The van der Waals surface area contributed by atoms with Crippen LogP contribution < -0.4 is 5.32 Å². The minimum atomic E-state index is -0.488. The number of fused-ring (bicyclic) bond motifs is 1. The standard InChI is InChI=1S/C21H20N2O3/c1-23(14-15-11-12-16-7-3-4-8-17(16)13-15)21(25)22-19-10-6-5-9-18(19)20(24)26-2/h3-13H,14H2,1-2H3,(H,22,25). The second-order valence-corrected chi connectivity index (χ2v) is 6.00. The molecule has 5 heteroatoms. The van der Waals surface area contributed by atoms with Crippen molar-refractivity contribution in [1.82, 2.24) is 4.90 Å². The summed E-state index contributed by atoms with van der Waals surface area (Å²) in [6.45, 7) is 0.455. The van der Waals surface area contributed by atoms with E-state index >= 15 is 0 Å². The van der Waals surface area contributed by atoms with Crippen molar-refractivity contribution in [3.8, 4) is 0 Å². The Morgan fingerprint density at radius 2 is 1.65 bits per heavy atom. The molecule has 0 fully saturated rings. The molecule has 3 aromatic rings. The zero-order valence-electron chi connectivity index (χ0n) is 14.7. The van der Waals surface area contributed by atoms with E-state index in [1.54, 1.807) is 36.2 Å². The molecule has 0 aliphatic carbocycles. The Morgan fingerprint density at radius 1 is 0.962 bits per heavy atom. The predicted octanol–water partition coefficient (Wildman–Crippen LogP) is 4.29. The predicted molar refractivity (Wildman–Crippen MR) is 102 cm³/mol. The third kappa shape index (κ3) is 3.83. The van der Waals surface area contributed by atoms with Crippen LogP contribution in [0.3, 0.4) is 0 Å². The number of rotatable bonds is 4. The summed E-state index contributed by atoms with van der Waals surface area (Å²) >= 11 is 0. The third-order valence-electron chi connectivity index (χ3n) is 4.15. The lowest BCUT2D eigenvalue weighted by molar-refractivity contribution is 0.0602. The highest BCUT2D eigenvalue weighted by molar-refractivity contribution is 6.00. The number of para-hydroxylation sites is 1. The van der Waals surface area contributed by atoms with Gasteiger partial charge in [0.25, 0.3) is 0 Å². The first kappa shape index (κ1) is 17.5. The van der Waals surface area contributed by atoms with Crippen LogP contribution in [-0.4, -0.2) is 31.1 Å². The number of hydrogen-bond donors (Lipinski definition) is 1. The molecule has 3 rings (SSSR count). The van der Waals surface area contributed by atoms with Crippen LogP contribution in [0.15, 0.2) is 66.7 Å². The van der Waals surface area contributed by atoms with Crippen LogP contribution in [0.5, 0.6) is 0 Å². The van der Waals surface area contributed by atoms with Gasteiger partial charge in [0.2, 0.25) is 0 Å². The van der Waals surface area contributed by atoms with E-state index in [1.165, 1.54) is 7.11 Å². The molecule has 132 valence electrons. The van der Waals surface area contributed by atoms with E-state index in [2.05, 4.69) is 17.4 Å². The van der Waals surface area contributed by atoms with Gasteiger partial charge in [0.1, 0.15) is 0 Å². The highest BCUT2D eigenvalue weighted by Gasteiger charge is 2.15. The molecule has 0 atom stereocenters. The molecule has 0 saturated heterocycles. The average Bonchev–Trinajstić information content (AvgIpc) is 2.67. The van der Waals surface area contributed by atoms with Gasteiger partial charge in [-0.25, -0.2) is 9.59 Å². The number of amides is 2. The maximum Gasteiger partial charge on any atom is 0.339 e. The van der Waals surface area contributed by atoms with E-state index in [1.807, 2.05) is 30.3 Å². The molecular weight excluding hydrogens is 328 g/mol. The van der Waals surface area contributed by atoms with Crippen molar-refractivity contribution in [2.24, 2.45) is 0 Å². The summed E-state index contributed by atoms with van der Waals surface area (Å²) in [6, 6.07) is 20.7. The second kappa shape index (κ2) is 7.70. The fraction of sp³-hybridized carbons (Fsp3) is 0.143. The Kier molecular flexibility index (Phi) is 5.17. The number of nitrogens with one attached hydrogen (secondary N) is 1. The van der Waals surface area contributed by atoms with Gasteiger partial charge in [-0.1, -0.05) is 48.5 Å². The molecule has 5 nitrogen and oxygen atoms in total. The highest BCUT2D eigenvalue weighted by atomic mass is 16.5. The van der Waals surface area contributed by atoms with Gasteiger partial charge in [0.05, 0.1) is 18.4 Å². The molecule has 0 bridgehead atoms. The van der Waals surface area contributed by atoms with E-state index in [9.17, 15) is 9.59 Å². The first-order valence-electron chi connectivity index (χ1n) is 8.25. The van der Waals surface area contributed by atoms with Gasteiger partial charge in [-0.3, -0.25) is 0 Å². The molecule has 0 aliphatic heterocycles. The van der Waals surface area contributed by atoms with Gasteiger partial charge in [0, 0.05) is 13.6 Å². The lowest BCUT2D eigenvalue weighted by Crippen LogP contribution is -2.31. The first-order valence-corrected chi connectivity index (χ1v) is 8.25. The van der Waals surface area contributed by atoms with Crippen molar-refractivity contribution in [2.75, 3.05) is 19.5 Å². The van der Waals surface area contributed by atoms with Crippen LogP contribution in [0.4, 0.5) is 10.5 Å². The van der Waals surface area contributed by atoms with Crippen LogP contribution in [0.1, 0.15) is 15.9 Å². The number of benzene rings is 3. The average molecular weight is 348 g/mol. The Morgan fingerprint density at radius 3 is 2.42 bits per heavy atom. The number of esters is 1. The molecule has 0 aliphatic rings. The van der Waals surface area contributed by atoms with Crippen molar-refractivity contribution in [3.05, 3.63) is 77.9 Å². The lowest BCUT2D eigenvalue weighted by Gasteiger charge is -2.19. The van der Waals surface area contributed by atoms with E-state index in [0.29, 0.717) is 17.8 Å². The van der Waals surface area contributed by atoms with E-state index in [4.69, 9.17) is 4.74 Å². The Bertz CT molecular complexity index is 953. The normalized spacial score (nSPS) is 10.4. The minimum Gasteiger partial charge on any atom is -0.465 e. The van der Waals surface area contributed by atoms with Gasteiger partial charge in [0.15, 0.2) is 0 Å². The van der Waals surface area contributed by atoms with Gasteiger partial charge >= 0.3 is 12.0 Å². The molecule has 0 spiro atoms. The zero-order chi connectivity index (χ0) is 18.5. The lowest BCUT2D eigenvalue weighted by atomic mass is 10.1. The summed E-state index contributed by atoms with van der Waals surface area (Å²) in [4.78, 5) is 25.9. The number of nitrogens with zero attached hydrogens (tertiary/aromatic N) is 1. The highest BCUT2D eigenvalue weighted by Crippen LogP contribution is 2.19. The molecule has 0 heterocycles. The van der Waals surface area contributed by atoms with Gasteiger partial charge in [-0.2, -0.15) is 0 Å². The molecule has 0 radical (unpaired) electrons. The molecule has 2 amide bonds. The van der Waals surface area contributed by atoms with E-state index in [0.717, 1.165) is 16.3 Å². The van der Waals surface area contributed by atoms with E-state index < -0.39 is 5.97 Å². The van der Waals surface area contributed by atoms with Crippen LogP contribution in [0.25, 0.3) is 10.8 Å². The first-order chi connectivity index (χ1) is 12.6. The van der Waals surface area contributed by atoms with Crippen molar-refractivity contribution in [1.29, 1.82) is 0 Å². The van der Waals surface area contributed by atoms with Crippen molar-refractivity contribution in [3.63, 3.8) is 0 Å². The number of hydrogen-bond acceptors (Lipinski definition) is 3. The van der Waals surface area contributed by atoms with Crippen molar-refractivity contribution < 1.29 is 14.3 Å². The fourth-order valence-electron chi connectivity index (χ4n) is 2.77. The summed E-state index contributed by atoms with van der Waals surface area (Å²) in [6.07, 6.45) is 0. The van der Waals surface area contributed by atoms with Gasteiger partial charge < -0.3 is 15.0 Å². The summed E-state index contributed by atoms with van der Waals surface area (Å²) in [5.41, 5.74) is 1.78. The maximum absolute atomic E-state index is 12.5. The van der Waals surface area contributed by atoms with Crippen molar-refractivity contribution >= 4 is 28.5 Å². The number of ether oxygens (including phenoxy) is 1. The van der Waals surface area contributed by atoms with Crippen LogP contribution in [-0.2, 0) is 11.3 Å². The molecule has 26 heavy (non-hydrogen) atoms. The summed E-state index contributed by atoms with van der Waals surface area (Å²) in [5, 5.41) is 5.07. The number of anilines is 1. The summed E-state index contributed by atoms with van der Waals surface area (Å²) in [7, 11) is 3.03. The Labute approximate surface area is 152 Å². The maximum atomic E-state index is 12.5. The van der Waals surface area contributed by atoms with Crippen LogP contribution in [0.2, 0.25) is 0 Å². The monoisotopic (exact) mass is 348 g/mol. The SMILES string of the molecule is COC(=O)c1ccccc1NC(=O)N(C)Cc1ccc2ccccc2c1. The largest absolute Gasteiger partial charge is 0.465 e. The number of urea groups is 1. The Hall–Kier alpha value is -3.34. The zero-order valence-corrected chi connectivity index (χ0v) is 14.7. The number of carbonyl (C=O) groups is 2. The molecule has 0 saturated carbocycles. The van der Waals surface area contributed by atoms with Crippen molar-refractivity contribution in [2.45, 2.75) is 6.54 Å². The molecular formula is C21H20N2O3. The quantitative estimate of drug-likeness (QED) is 0.716. The van der Waals surface area contributed by atoms with Gasteiger partial charge in [-0.15, -0.1) is 0 Å². The second-order valence-electron chi connectivity index (χ2n) is 6.00. The molecule has 0 unspecified atom stereocenters. The summed E-state index contributed by atoms with van der Waals surface area (Å²) in [5.74, 6) is -0.488. The minimum absolute atomic E-state index is 0.297. The fourth-order valence-corrected chi connectivity index (χ4v) is 2.77. The number of carbonyl (C=O) groups excluding carboxylic acids is 2. The summed E-state index contributed by atoms with van der Waals surface area (Å²) < 4.78 is 4.75. The van der Waals surface area contributed by atoms with Crippen LogP contribution in [0, 0.1) is 0 Å². The topological polar surface area (TPSA) is 58.6 Å². The Balaban J connectivity index is 1.72.